The number of carbonyl (C=O) groups excluding carboxylic acids is 1. The predicted molar refractivity (Wildman–Crippen MR) is 55.5 cm³/mol. The van der Waals surface area contributed by atoms with Gasteiger partial charge in [-0.25, -0.2) is 4.79 Å². The molecule has 15 heavy (non-hydrogen) atoms. The molecule has 0 aromatic carbocycles. The molecule has 1 aliphatic rings. The van der Waals surface area contributed by atoms with Crippen LogP contribution in [-0.2, 0) is 4.79 Å². The maximum Gasteiger partial charge on any atom is 0.325 e. The van der Waals surface area contributed by atoms with Gasteiger partial charge in [0.2, 0.25) is 0 Å². The molecule has 0 aromatic heterocycles. The van der Waals surface area contributed by atoms with Crippen LogP contribution >= 0.6 is 0 Å². The van der Waals surface area contributed by atoms with Crippen molar-refractivity contribution in [2.24, 2.45) is 11.3 Å². The molecule has 0 aliphatic heterocycles. The number of aliphatic carboxylic acids is 1. The molecule has 5 nitrogen and oxygen atoms in total. The molecule has 0 bridgehead atoms. The van der Waals surface area contributed by atoms with E-state index in [2.05, 4.69) is 24.5 Å². The van der Waals surface area contributed by atoms with E-state index in [4.69, 9.17) is 5.11 Å². The van der Waals surface area contributed by atoms with Gasteiger partial charge in [-0.1, -0.05) is 13.8 Å². The van der Waals surface area contributed by atoms with E-state index < -0.39 is 18.0 Å². The summed E-state index contributed by atoms with van der Waals surface area (Å²) in [4.78, 5) is 21.7. The number of rotatable bonds is 4. The van der Waals surface area contributed by atoms with Crippen molar-refractivity contribution in [3.8, 4) is 0 Å². The molecule has 0 radical (unpaired) electrons. The van der Waals surface area contributed by atoms with E-state index in [0.29, 0.717) is 17.9 Å². The Bertz CT molecular complexity index is 276. The molecule has 2 amide bonds. The molecular weight excluding hydrogens is 196 g/mol. The highest BCUT2D eigenvalue weighted by Crippen LogP contribution is 2.50. The summed E-state index contributed by atoms with van der Waals surface area (Å²) in [6.07, 6.45) is 1.11. The third-order valence-electron chi connectivity index (χ3n) is 2.94. The van der Waals surface area contributed by atoms with Gasteiger partial charge < -0.3 is 15.7 Å². The number of carboxylic acids is 1. The zero-order valence-electron chi connectivity index (χ0n) is 9.33. The minimum atomic E-state index is -1.03. The van der Waals surface area contributed by atoms with Crippen molar-refractivity contribution in [1.82, 2.24) is 10.6 Å². The van der Waals surface area contributed by atoms with Crippen LogP contribution in [0.25, 0.3) is 0 Å². The number of nitrogens with one attached hydrogen (secondary N) is 2. The quantitative estimate of drug-likeness (QED) is 0.647. The molecule has 0 saturated heterocycles. The molecule has 3 N–H and O–H groups in total. The van der Waals surface area contributed by atoms with Crippen LogP contribution < -0.4 is 10.6 Å². The van der Waals surface area contributed by atoms with Gasteiger partial charge in [0, 0.05) is 6.54 Å². The van der Waals surface area contributed by atoms with Crippen LogP contribution in [0, 0.1) is 11.3 Å². The fourth-order valence-electron chi connectivity index (χ4n) is 1.45. The van der Waals surface area contributed by atoms with E-state index >= 15 is 0 Å². The Hall–Kier alpha value is -1.26. The molecule has 1 fully saturated rings. The zero-order chi connectivity index (χ0) is 11.6. The van der Waals surface area contributed by atoms with Gasteiger partial charge >= 0.3 is 12.0 Å². The van der Waals surface area contributed by atoms with E-state index in [1.54, 1.807) is 0 Å². The van der Waals surface area contributed by atoms with E-state index in [-0.39, 0.29) is 0 Å². The smallest absolute Gasteiger partial charge is 0.325 e. The minimum absolute atomic E-state index is 0.325. The summed E-state index contributed by atoms with van der Waals surface area (Å²) in [6.45, 7) is 6.35. The number of carboxylic acid groups (broad SMARTS) is 1. The Balaban J connectivity index is 2.17. The monoisotopic (exact) mass is 214 g/mol. The average Bonchev–Trinajstić information content (AvgIpc) is 2.70. The standard InChI is InChI=1S/C10H18N2O3/c1-6(8(13)14)12-9(15)11-5-7-4-10(7,2)3/h6-7H,4-5H2,1-3H3,(H,13,14)(H2,11,12,15). The number of urea groups is 1. The van der Waals surface area contributed by atoms with Crippen LogP contribution in [-0.4, -0.2) is 29.7 Å². The van der Waals surface area contributed by atoms with Crippen LogP contribution in [0.3, 0.4) is 0 Å². The third-order valence-corrected chi connectivity index (χ3v) is 2.94. The van der Waals surface area contributed by atoms with Crippen molar-refractivity contribution in [2.75, 3.05) is 6.54 Å². The highest BCUT2D eigenvalue weighted by Gasteiger charge is 2.45. The van der Waals surface area contributed by atoms with Gasteiger partial charge in [0.1, 0.15) is 6.04 Å². The first-order valence-corrected chi connectivity index (χ1v) is 5.10. The topological polar surface area (TPSA) is 78.4 Å². The molecule has 86 valence electrons. The van der Waals surface area contributed by atoms with Crippen molar-refractivity contribution < 1.29 is 14.7 Å². The number of carbonyl (C=O) groups is 2. The lowest BCUT2D eigenvalue weighted by molar-refractivity contribution is -0.138. The van der Waals surface area contributed by atoms with E-state index in [1.165, 1.54) is 6.92 Å². The van der Waals surface area contributed by atoms with Gasteiger partial charge in [-0.3, -0.25) is 4.79 Å². The van der Waals surface area contributed by atoms with Crippen molar-refractivity contribution in [2.45, 2.75) is 33.2 Å². The zero-order valence-corrected chi connectivity index (χ0v) is 9.33. The lowest BCUT2D eigenvalue weighted by atomic mass is 10.1. The van der Waals surface area contributed by atoms with Crippen LogP contribution in [0.1, 0.15) is 27.2 Å². The molecule has 5 heteroatoms. The van der Waals surface area contributed by atoms with Crippen LogP contribution in [0.15, 0.2) is 0 Å². The second kappa shape index (κ2) is 4.08. The summed E-state index contributed by atoms with van der Waals surface area (Å²) >= 11 is 0. The molecule has 0 spiro atoms. The fourth-order valence-corrected chi connectivity index (χ4v) is 1.45. The maximum absolute atomic E-state index is 11.2. The van der Waals surface area contributed by atoms with Crippen LogP contribution in [0.2, 0.25) is 0 Å². The number of hydrogen-bond acceptors (Lipinski definition) is 2. The first-order valence-electron chi connectivity index (χ1n) is 5.10. The Morgan fingerprint density at radius 3 is 2.47 bits per heavy atom. The second-order valence-corrected chi connectivity index (χ2v) is 4.80. The lowest BCUT2D eigenvalue weighted by Gasteiger charge is -2.11. The summed E-state index contributed by atoms with van der Waals surface area (Å²) in [6, 6.07) is -1.26. The number of hydrogen-bond donors (Lipinski definition) is 3. The summed E-state index contributed by atoms with van der Waals surface area (Å²) < 4.78 is 0. The van der Waals surface area contributed by atoms with E-state index in [0.717, 1.165) is 6.42 Å². The summed E-state index contributed by atoms with van der Waals surface area (Å²) in [5, 5.41) is 13.6. The van der Waals surface area contributed by atoms with Crippen molar-refractivity contribution in [3.63, 3.8) is 0 Å². The van der Waals surface area contributed by atoms with Gasteiger partial charge in [0.15, 0.2) is 0 Å². The summed E-state index contributed by atoms with van der Waals surface area (Å²) in [5.74, 6) is -0.514. The highest BCUT2D eigenvalue weighted by atomic mass is 16.4. The van der Waals surface area contributed by atoms with Crippen molar-refractivity contribution >= 4 is 12.0 Å². The van der Waals surface area contributed by atoms with Gasteiger partial charge in [-0.2, -0.15) is 0 Å². The molecular formula is C10H18N2O3. The van der Waals surface area contributed by atoms with Crippen molar-refractivity contribution in [1.29, 1.82) is 0 Å². The first-order chi connectivity index (χ1) is 6.83. The average molecular weight is 214 g/mol. The Morgan fingerprint density at radius 1 is 1.53 bits per heavy atom. The van der Waals surface area contributed by atoms with Gasteiger partial charge in [0.25, 0.3) is 0 Å². The molecule has 2 unspecified atom stereocenters. The Morgan fingerprint density at radius 2 is 2.07 bits per heavy atom. The Labute approximate surface area is 89.2 Å². The lowest BCUT2D eigenvalue weighted by Crippen LogP contribution is -2.45. The SMILES string of the molecule is CC(NC(=O)NCC1CC1(C)C)C(=O)O. The molecule has 1 saturated carbocycles. The van der Waals surface area contributed by atoms with Gasteiger partial charge in [-0.15, -0.1) is 0 Å². The summed E-state index contributed by atoms with van der Waals surface area (Å²) in [5.41, 5.74) is 0.325. The maximum atomic E-state index is 11.2. The fraction of sp³-hybridized carbons (Fsp3) is 0.800. The normalized spacial score (nSPS) is 24.1. The first kappa shape index (κ1) is 11.8. The summed E-state index contributed by atoms with van der Waals surface area (Å²) in [7, 11) is 0. The van der Waals surface area contributed by atoms with Crippen molar-refractivity contribution in [3.05, 3.63) is 0 Å². The van der Waals surface area contributed by atoms with Crippen LogP contribution in [0.4, 0.5) is 4.79 Å². The minimum Gasteiger partial charge on any atom is -0.480 e. The molecule has 0 aromatic rings. The third kappa shape index (κ3) is 3.42. The van der Waals surface area contributed by atoms with E-state index in [1.807, 2.05) is 0 Å². The van der Waals surface area contributed by atoms with Gasteiger partial charge in [-0.05, 0) is 24.7 Å². The molecule has 2 atom stereocenters. The molecule has 1 aliphatic carbocycles. The second-order valence-electron chi connectivity index (χ2n) is 4.80. The van der Waals surface area contributed by atoms with Gasteiger partial charge in [0.05, 0.1) is 0 Å². The Kier molecular flexibility index (Phi) is 3.21. The molecule has 0 heterocycles. The number of amides is 2. The predicted octanol–water partition coefficient (Wildman–Crippen LogP) is 0.805. The van der Waals surface area contributed by atoms with E-state index in [9.17, 15) is 9.59 Å². The molecule has 1 rings (SSSR count). The highest BCUT2D eigenvalue weighted by molar-refractivity contribution is 5.82. The largest absolute Gasteiger partial charge is 0.480 e. The van der Waals surface area contributed by atoms with Crippen LogP contribution in [0.5, 0.6) is 0 Å².